The number of rotatable bonds is 5. The maximum atomic E-state index is 14.0. The van der Waals surface area contributed by atoms with Crippen LogP contribution in [0.1, 0.15) is 22.3 Å². The molecule has 0 unspecified atom stereocenters. The van der Waals surface area contributed by atoms with Gasteiger partial charge in [0.15, 0.2) is 0 Å². The fraction of sp³-hybridized carbons (Fsp3) is 0.0833. The first-order valence-electron chi connectivity index (χ1n) is 8.88. The Hall–Kier alpha value is -3.71. The Kier molecular flexibility index (Phi) is 5.98. The number of aryl methyl sites for hydroxylation is 1. The molecule has 3 aromatic rings. The number of nitrogens with zero attached hydrogens (tertiary/aromatic N) is 1. The highest BCUT2D eigenvalue weighted by molar-refractivity contribution is 6.09. The van der Waals surface area contributed by atoms with Gasteiger partial charge >= 0.3 is 0 Å². The highest BCUT2D eigenvalue weighted by Crippen LogP contribution is 2.20. The number of carbonyl (C=O) groups is 1. The average molecular weight is 370 g/mol. The van der Waals surface area contributed by atoms with E-state index in [-0.39, 0.29) is 11.4 Å². The minimum Gasteiger partial charge on any atom is -0.321 e. The molecule has 0 spiro atoms. The van der Waals surface area contributed by atoms with Crippen LogP contribution in [0.25, 0.3) is 6.08 Å². The molecular formula is C24H19FN2O. The summed E-state index contributed by atoms with van der Waals surface area (Å²) < 4.78 is 14.0. The van der Waals surface area contributed by atoms with Crippen LogP contribution in [0.4, 0.5) is 10.1 Å². The molecule has 0 fully saturated rings. The molecule has 138 valence electrons. The van der Waals surface area contributed by atoms with Gasteiger partial charge in [-0.2, -0.15) is 5.26 Å². The minimum absolute atomic E-state index is 0.0124. The number of benzene rings is 3. The largest absolute Gasteiger partial charge is 0.321 e. The Bertz CT molecular complexity index is 1060. The number of carbonyl (C=O) groups excluding carboxylic acids is 1. The van der Waals surface area contributed by atoms with Crippen LogP contribution >= 0.6 is 0 Å². The van der Waals surface area contributed by atoms with Crippen molar-refractivity contribution in [2.24, 2.45) is 0 Å². The molecule has 4 heteroatoms. The molecule has 0 saturated carbocycles. The number of hydrogen-bond donors (Lipinski definition) is 1. The maximum Gasteiger partial charge on any atom is 0.266 e. The van der Waals surface area contributed by atoms with Crippen LogP contribution in [-0.2, 0) is 11.2 Å². The highest BCUT2D eigenvalue weighted by atomic mass is 19.1. The standard InChI is InChI=1S/C24H19FN2O/c1-17-10-12-22(13-11-17)27-24(28)21(16-26)15-19-7-3-2-6-18(19)14-20-8-4-5-9-23(20)25/h2-13,15H,14H2,1H3,(H,27,28)/b21-15+. The number of nitriles is 1. The molecule has 0 aliphatic rings. The molecule has 3 rings (SSSR count). The summed E-state index contributed by atoms with van der Waals surface area (Å²) >= 11 is 0. The number of halogens is 1. The molecule has 0 heterocycles. The lowest BCUT2D eigenvalue weighted by Gasteiger charge is -2.09. The molecule has 3 aromatic carbocycles. The van der Waals surface area contributed by atoms with Crippen LogP contribution in [0.5, 0.6) is 0 Å². The molecule has 0 aromatic heterocycles. The molecule has 1 N–H and O–H groups in total. The molecule has 0 atom stereocenters. The smallest absolute Gasteiger partial charge is 0.266 e. The fourth-order valence-electron chi connectivity index (χ4n) is 2.82. The molecule has 0 bridgehead atoms. The molecule has 0 radical (unpaired) electrons. The number of anilines is 1. The molecule has 0 aliphatic carbocycles. The minimum atomic E-state index is -0.480. The van der Waals surface area contributed by atoms with Crippen LogP contribution in [0.15, 0.2) is 78.4 Å². The van der Waals surface area contributed by atoms with E-state index < -0.39 is 5.91 Å². The van der Waals surface area contributed by atoms with Gasteiger partial charge in [0.2, 0.25) is 0 Å². The first kappa shape index (κ1) is 19.1. The van der Waals surface area contributed by atoms with Crippen LogP contribution in [0.2, 0.25) is 0 Å². The van der Waals surface area contributed by atoms with Crippen molar-refractivity contribution >= 4 is 17.7 Å². The third-order valence-electron chi connectivity index (χ3n) is 4.37. The summed E-state index contributed by atoms with van der Waals surface area (Å²) in [7, 11) is 0. The zero-order valence-electron chi connectivity index (χ0n) is 15.4. The van der Waals surface area contributed by atoms with E-state index in [0.29, 0.717) is 23.2 Å². The predicted octanol–water partition coefficient (Wildman–Crippen LogP) is 5.27. The van der Waals surface area contributed by atoms with Crippen molar-refractivity contribution in [3.63, 3.8) is 0 Å². The number of hydrogen-bond acceptors (Lipinski definition) is 2. The second-order valence-corrected chi connectivity index (χ2v) is 6.46. The summed E-state index contributed by atoms with van der Waals surface area (Å²) in [6.45, 7) is 1.96. The molecule has 3 nitrogen and oxygen atoms in total. The van der Waals surface area contributed by atoms with Gasteiger partial charge in [-0.1, -0.05) is 60.2 Å². The van der Waals surface area contributed by atoms with E-state index in [9.17, 15) is 14.4 Å². The highest BCUT2D eigenvalue weighted by Gasteiger charge is 2.12. The van der Waals surface area contributed by atoms with E-state index in [4.69, 9.17) is 0 Å². The van der Waals surface area contributed by atoms with Gasteiger partial charge in [-0.05, 0) is 47.9 Å². The summed E-state index contributed by atoms with van der Waals surface area (Å²) in [5.74, 6) is -0.758. The molecule has 1 amide bonds. The van der Waals surface area contributed by atoms with Gasteiger partial charge in [0.25, 0.3) is 5.91 Å². The second-order valence-electron chi connectivity index (χ2n) is 6.46. The van der Waals surface area contributed by atoms with Gasteiger partial charge in [0.1, 0.15) is 17.5 Å². The predicted molar refractivity (Wildman–Crippen MR) is 109 cm³/mol. The monoisotopic (exact) mass is 370 g/mol. The first-order chi connectivity index (χ1) is 13.6. The van der Waals surface area contributed by atoms with E-state index in [1.165, 1.54) is 6.07 Å². The number of nitrogens with one attached hydrogen (secondary N) is 1. The van der Waals surface area contributed by atoms with Crippen LogP contribution in [0.3, 0.4) is 0 Å². The van der Waals surface area contributed by atoms with Gasteiger partial charge in [-0.3, -0.25) is 4.79 Å². The lowest BCUT2D eigenvalue weighted by Crippen LogP contribution is -2.13. The van der Waals surface area contributed by atoms with Gasteiger partial charge in [-0.15, -0.1) is 0 Å². The lowest BCUT2D eigenvalue weighted by atomic mass is 9.98. The lowest BCUT2D eigenvalue weighted by molar-refractivity contribution is -0.112. The summed E-state index contributed by atoms with van der Waals surface area (Å²) in [5, 5.41) is 12.2. The van der Waals surface area contributed by atoms with E-state index in [1.807, 2.05) is 49.4 Å². The normalized spacial score (nSPS) is 11.0. The molecule has 0 aliphatic heterocycles. The summed E-state index contributed by atoms with van der Waals surface area (Å²) in [6, 6.07) is 23.2. The Morgan fingerprint density at radius 2 is 1.64 bits per heavy atom. The average Bonchev–Trinajstić information content (AvgIpc) is 2.70. The van der Waals surface area contributed by atoms with Crippen molar-refractivity contribution in [1.82, 2.24) is 0 Å². The second kappa shape index (κ2) is 8.79. The quantitative estimate of drug-likeness (QED) is 0.491. The van der Waals surface area contributed by atoms with Gasteiger partial charge < -0.3 is 5.32 Å². The number of amides is 1. The van der Waals surface area contributed by atoms with Crippen LogP contribution < -0.4 is 5.32 Å². The van der Waals surface area contributed by atoms with Crippen molar-refractivity contribution < 1.29 is 9.18 Å². The Morgan fingerprint density at radius 3 is 2.32 bits per heavy atom. The summed E-state index contributed by atoms with van der Waals surface area (Å²) in [6.07, 6.45) is 1.91. The maximum absolute atomic E-state index is 14.0. The third-order valence-corrected chi connectivity index (χ3v) is 4.37. The van der Waals surface area contributed by atoms with Crippen molar-refractivity contribution in [2.45, 2.75) is 13.3 Å². The Labute approximate surface area is 163 Å². The van der Waals surface area contributed by atoms with Crippen molar-refractivity contribution in [3.05, 3.63) is 106 Å². The van der Waals surface area contributed by atoms with Crippen LogP contribution in [0, 0.1) is 24.1 Å². The topological polar surface area (TPSA) is 52.9 Å². The fourth-order valence-corrected chi connectivity index (χ4v) is 2.82. The van der Waals surface area contributed by atoms with Gasteiger partial charge in [0, 0.05) is 12.1 Å². The molecule has 28 heavy (non-hydrogen) atoms. The van der Waals surface area contributed by atoms with E-state index in [0.717, 1.165) is 11.1 Å². The third kappa shape index (κ3) is 4.72. The van der Waals surface area contributed by atoms with E-state index in [1.54, 1.807) is 36.4 Å². The van der Waals surface area contributed by atoms with Gasteiger partial charge in [-0.25, -0.2) is 4.39 Å². The zero-order valence-corrected chi connectivity index (χ0v) is 15.4. The van der Waals surface area contributed by atoms with Crippen molar-refractivity contribution in [3.8, 4) is 6.07 Å². The SMILES string of the molecule is Cc1ccc(NC(=O)/C(C#N)=C/c2ccccc2Cc2ccccc2F)cc1. The first-order valence-corrected chi connectivity index (χ1v) is 8.88. The van der Waals surface area contributed by atoms with Crippen molar-refractivity contribution in [2.75, 3.05) is 5.32 Å². The Balaban J connectivity index is 1.86. The van der Waals surface area contributed by atoms with E-state index in [2.05, 4.69) is 5.32 Å². The van der Waals surface area contributed by atoms with E-state index >= 15 is 0 Å². The molecule has 0 saturated heterocycles. The van der Waals surface area contributed by atoms with Gasteiger partial charge in [0.05, 0.1) is 0 Å². The van der Waals surface area contributed by atoms with Crippen molar-refractivity contribution in [1.29, 1.82) is 5.26 Å². The Morgan fingerprint density at radius 1 is 1.00 bits per heavy atom. The summed E-state index contributed by atoms with van der Waals surface area (Å²) in [4.78, 5) is 12.5. The zero-order chi connectivity index (χ0) is 19.9. The van der Waals surface area contributed by atoms with Crippen LogP contribution in [-0.4, -0.2) is 5.91 Å². The molecular weight excluding hydrogens is 351 g/mol. The summed E-state index contributed by atoms with van der Waals surface area (Å²) in [5.41, 5.74) is 3.80.